The van der Waals surface area contributed by atoms with Crippen LogP contribution >= 0.6 is 0 Å². The predicted molar refractivity (Wildman–Crippen MR) is 129 cm³/mol. The van der Waals surface area contributed by atoms with Crippen molar-refractivity contribution in [1.29, 1.82) is 0 Å². The third kappa shape index (κ3) is 5.80. The molecular weight excluding hydrogens is 458 g/mol. The van der Waals surface area contributed by atoms with Gasteiger partial charge < -0.3 is 19.7 Å². The summed E-state index contributed by atoms with van der Waals surface area (Å²) in [6, 6.07) is 11.6. The van der Waals surface area contributed by atoms with Crippen LogP contribution < -0.4 is 19.1 Å². The van der Waals surface area contributed by atoms with Crippen molar-refractivity contribution in [2.45, 2.75) is 40.3 Å². The van der Waals surface area contributed by atoms with E-state index in [2.05, 4.69) is 5.32 Å². The van der Waals surface area contributed by atoms with Gasteiger partial charge in [-0.05, 0) is 45.4 Å². The van der Waals surface area contributed by atoms with E-state index >= 15 is 0 Å². The Labute approximate surface area is 200 Å². The third-order valence-electron chi connectivity index (χ3n) is 5.62. The molecule has 0 bridgehead atoms. The van der Waals surface area contributed by atoms with Gasteiger partial charge in [0.15, 0.2) is 11.5 Å². The fourth-order valence-electron chi connectivity index (χ4n) is 3.55. The number of hydrogen-bond donors (Lipinski definition) is 1. The molecule has 1 N–H and O–H groups in total. The number of carbonyl (C=O) groups excluding carboxylic acids is 2. The Morgan fingerprint density at radius 2 is 1.74 bits per heavy atom. The smallest absolute Gasteiger partial charge is 0.244 e. The highest BCUT2D eigenvalue weighted by Gasteiger charge is 2.31. The zero-order valence-electron chi connectivity index (χ0n) is 19.9. The minimum absolute atomic E-state index is 0.0482. The van der Waals surface area contributed by atoms with Gasteiger partial charge in [0.1, 0.15) is 12.6 Å². The highest BCUT2D eigenvalue weighted by Crippen LogP contribution is 2.36. The molecule has 0 aliphatic carbocycles. The number of sulfonamides is 1. The van der Waals surface area contributed by atoms with E-state index in [1.165, 1.54) is 11.8 Å². The molecule has 1 atom stereocenters. The predicted octanol–water partition coefficient (Wildman–Crippen LogP) is 2.43. The summed E-state index contributed by atoms with van der Waals surface area (Å²) >= 11 is 0. The van der Waals surface area contributed by atoms with E-state index in [9.17, 15) is 18.0 Å². The van der Waals surface area contributed by atoms with Crippen molar-refractivity contribution >= 4 is 27.5 Å². The second-order valence-corrected chi connectivity index (χ2v) is 10.2. The quantitative estimate of drug-likeness (QED) is 0.550. The number of ether oxygens (including phenoxy) is 2. The second kappa shape index (κ2) is 10.8. The van der Waals surface area contributed by atoms with Crippen molar-refractivity contribution in [3.63, 3.8) is 0 Å². The largest absolute Gasteiger partial charge is 0.454 e. The highest BCUT2D eigenvalue weighted by molar-refractivity contribution is 7.92. The number of aryl methyl sites for hydroxylation is 1. The van der Waals surface area contributed by atoms with E-state index in [1.807, 2.05) is 31.2 Å². The fraction of sp³-hybridized carbons (Fsp3) is 0.417. The van der Waals surface area contributed by atoms with E-state index in [0.29, 0.717) is 23.7 Å². The maximum Gasteiger partial charge on any atom is 0.244 e. The number of nitrogens with zero attached hydrogens (tertiary/aromatic N) is 2. The van der Waals surface area contributed by atoms with Gasteiger partial charge in [0.05, 0.1) is 11.4 Å². The summed E-state index contributed by atoms with van der Waals surface area (Å²) < 4.78 is 37.7. The van der Waals surface area contributed by atoms with Gasteiger partial charge in [-0.1, -0.05) is 29.8 Å². The molecule has 0 aromatic heterocycles. The molecule has 34 heavy (non-hydrogen) atoms. The normalized spacial score (nSPS) is 13.3. The average Bonchev–Trinajstić information content (AvgIpc) is 3.29. The molecule has 0 spiro atoms. The lowest BCUT2D eigenvalue weighted by atomic mass is 10.1. The van der Waals surface area contributed by atoms with Crippen molar-refractivity contribution in [1.82, 2.24) is 10.2 Å². The zero-order chi connectivity index (χ0) is 24.9. The number of amides is 2. The average molecular weight is 490 g/mol. The van der Waals surface area contributed by atoms with E-state index in [-0.39, 0.29) is 25.0 Å². The van der Waals surface area contributed by atoms with Crippen LogP contribution in [0.2, 0.25) is 0 Å². The summed E-state index contributed by atoms with van der Waals surface area (Å²) in [5, 5.41) is 2.74. The summed E-state index contributed by atoms with van der Waals surface area (Å²) in [4.78, 5) is 27.5. The molecule has 9 nitrogen and oxygen atoms in total. The summed E-state index contributed by atoms with van der Waals surface area (Å²) in [7, 11) is -3.81. The van der Waals surface area contributed by atoms with E-state index in [0.717, 1.165) is 15.4 Å². The molecule has 0 radical (unpaired) electrons. The molecular formula is C24H31N3O6S. The molecule has 1 aliphatic heterocycles. The number of nitrogens with one attached hydrogen (secondary N) is 1. The Hall–Kier alpha value is -3.27. The molecule has 2 aromatic rings. The number of hydrogen-bond acceptors (Lipinski definition) is 6. The van der Waals surface area contributed by atoms with Gasteiger partial charge in [-0.15, -0.1) is 0 Å². The summed E-state index contributed by atoms with van der Waals surface area (Å²) in [5.41, 5.74) is 2.20. The molecule has 184 valence electrons. The molecule has 0 saturated heterocycles. The third-order valence-corrected chi connectivity index (χ3v) is 7.36. The van der Waals surface area contributed by atoms with Crippen LogP contribution in [0.1, 0.15) is 31.9 Å². The van der Waals surface area contributed by atoms with Crippen LogP contribution in [0.25, 0.3) is 0 Å². The molecule has 2 amide bonds. The first kappa shape index (κ1) is 25.4. The van der Waals surface area contributed by atoms with Gasteiger partial charge in [-0.25, -0.2) is 8.42 Å². The lowest BCUT2D eigenvalue weighted by molar-refractivity contribution is -0.139. The Bertz CT molecular complexity index is 1130. The first-order chi connectivity index (χ1) is 16.2. The topological polar surface area (TPSA) is 105 Å². The number of fused-ring (bicyclic) bond motifs is 1. The van der Waals surface area contributed by atoms with Crippen molar-refractivity contribution in [3.8, 4) is 11.5 Å². The summed E-state index contributed by atoms with van der Waals surface area (Å²) in [6.07, 6.45) is 0. The van der Waals surface area contributed by atoms with Crippen LogP contribution in [0.5, 0.6) is 11.5 Å². The van der Waals surface area contributed by atoms with Crippen molar-refractivity contribution in [3.05, 3.63) is 53.6 Å². The Kier molecular flexibility index (Phi) is 8.03. The lowest BCUT2D eigenvalue weighted by Gasteiger charge is -2.31. The van der Waals surface area contributed by atoms with Crippen LogP contribution in [0.3, 0.4) is 0 Å². The van der Waals surface area contributed by atoms with Gasteiger partial charge in [0.25, 0.3) is 0 Å². The lowest BCUT2D eigenvalue weighted by Crippen LogP contribution is -2.51. The Morgan fingerprint density at radius 3 is 2.38 bits per heavy atom. The second-order valence-electron chi connectivity index (χ2n) is 8.02. The van der Waals surface area contributed by atoms with Crippen LogP contribution in [0.15, 0.2) is 42.5 Å². The van der Waals surface area contributed by atoms with Crippen LogP contribution in [-0.4, -0.2) is 56.8 Å². The SMILES string of the molecule is CCNC(=O)C(C)N(Cc1ccc(C)cc1)C(=O)CN(c1ccc2c(c1)OCO2)S(=O)(=O)CC. The number of benzene rings is 2. The molecule has 0 saturated carbocycles. The molecule has 1 heterocycles. The van der Waals surface area contributed by atoms with Gasteiger partial charge in [-0.3, -0.25) is 13.9 Å². The van der Waals surface area contributed by atoms with Gasteiger partial charge in [-0.2, -0.15) is 0 Å². The van der Waals surface area contributed by atoms with Crippen molar-refractivity contribution in [2.75, 3.05) is 29.9 Å². The monoisotopic (exact) mass is 489 g/mol. The standard InChI is InChI=1S/C24H31N3O6S/c1-5-25-24(29)18(4)26(14-19-9-7-17(3)8-10-19)23(28)15-27(34(30,31)6-2)20-11-12-21-22(13-20)33-16-32-21/h7-13,18H,5-6,14-16H2,1-4H3,(H,25,29). The van der Waals surface area contributed by atoms with Crippen LogP contribution in [-0.2, 0) is 26.2 Å². The highest BCUT2D eigenvalue weighted by atomic mass is 32.2. The minimum Gasteiger partial charge on any atom is -0.454 e. The first-order valence-electron chi connectivity index (χ1n) is 11.2. The molecule has 3 rings (SSSR count). The number of anilines is 1. The zero-order valence-corrected chi connectivity index (χ0v) is 20.7. The molecule has 1 aliphatic rings. The Morgan fingerprint density at radius 1 is 1.06 bits per heavy atom. The number of likely N-dealkylation sites (N-methyl/N-ethyl adjacent to an activating group) is 1. The molecule has 2 aromatic carbocycles. The van der Waals surface area contributed by atoms with Gasteiger partial charge in [0, 0.05) is 19.2 Å². The first-order valence-corrected chi connectivity index (χ1v) is 12.8. The minimum atomic E-state index is -3.81. The van der Waals surface area contributed by atoms with Gasteiger partial charge >= 0.3 is 0 Å². The van der Waals surface area contributed by atoms with E-state index in [1.54, 1.807) is 32.0 Å². The number of rotatable bonds is 10. The van der Waals surface area contributed by atoms with Crippen LogP contribution in [0.4, 0.5) is 5.69 Å². The molecule has 10 heteroatoms. The number of carbonyl (C=O) groups is 2. The summed E-state index contributed by atoms with van der Waals surface area (Å²) in [5.74, 6) is -0.0772. The van der Waals surface area contributed by atoms with Crippen molar-refractivity contribution < 1.29 is 27.5 Å². The maximum atomic E-state index is 13.5. The van der Waals surface area contributed by atoms with Crippen LogP contribution in [0, 0.1) is 6.92 Å². The fourth-order valence-corrected chi connectivity index (χ4v) is 4.61. The van der Waals surface area contributed by atoms with Crippen molar-refractivity contribution in [2.24, 2.45) is 0 Å². The molecule has 0 fully saturated rings. The van der Waals surface area contributed by atoms with E-state index in [4.69, 9.17) is 9.47 Å². The Balaban J connectivity index is 1.93. The van der Waals surface area contributed by atoms with E-state index < -0.39 is 28.5 Å². The maximum absolute atomic E-state index is 13.5. The summed E-state index contributed by atoms with van der Waals surface area (Å²) in [6.45, 7) is 7.09. The molecule has 1 unspecified atom stereocenters. The van der Waals surface area contributed by atoms with Gasteiger partial charge in [0.2, 0.25) is 28.6 Å².